The molecule has 0 atom stereocenters. The summed E-state index contributed by atoms with van der Waals surface area (Å²) in [5.41, 5.74) is 6.83. The van der Waals surface area contributed by atoms with Gasteiger partial charge in [-0.15, -0.1) is 11.8 Å². The summed E-state index contributed by atoms with van der Waals surface area (Å²) in [4.78, 5) is 34.9. The molecule has 3 aromatic rings. The minimum Gasteiger partial charge on any atom is -0.366 e. The molecule has 0 aliphatic heterocycles. The molecule has 152 valence electrons. The SMILES string of the molecule is NC(=O)c1ccc(SCC(=O)NC(c2ccccc2)c2ccccc2)c([N+](=O)[O-])c1. The van der Waals surface area contributed by atoms with Crippen LogP contribution in [0.3, 0.4) is 0 Å². The quantitative estimate of drug-likeness (QED) is 0.327. The Balaban J connectivity index is 1.75. The third-order valence-corrected chi connectivity index (χ3v) is 5.43. The van der Waals surface area contributed by atoms with Gasteiger partial charge >= 0.3 is 0 Å². The Bertz CT molecular complexity index is 1020. The summed E-state index contributed by atoms with van der Waals surface area (Å²) in [6, 6.07) is 22.7. The Morgan fingerprint density at radius 2 is 1.53 bits per heavy atom. The predicted octanol–water partition coefficient (Wildman–Crippen LogP) is 3.69. The summed E-state index contributed by atoms with van der Waals surface area (Å²) in [6.07, 6.45) is 0. The van der Waals surface area contributed by atoms with Gasteiger partial charge in [-0.1, -0.05) is 60.7 Å². The molecule has 0 aliphatic carbocycles. The van der Waals surface area contributed by atoms with Gasteiger partial charge in [0.1, 0.15) is 0 Å². The summed E-state index contributed by atoms with van der Waals surface area (Å²) in [7, 11) is 0. The van der Waals surface area contributed by atoms with Crippen molar-refractivity contribution >= 4 is 29.3 Å². The Morgan fingerprint density at radius 1 is 0.967 bits per heavy atom. The number of hydrogen-bond donors (Lipinski definition) is 2. The number of rotatable bonds is 8. The molecular weight excluding hydrogens is 402 g/mol. The van der Waals surface area contributed by atoms with Crippen LogP contribution >= 0.6 is 11.8 Å². The number of nitro groups is 1. The summed E-state index contributed by atoms with van der Waals surface area (Å²) in [5, 5.41) is 14.3. The fourth-order valence-electron chi connectivity index (χ4n) is 2.93. The van der Waals surface area contributed by atoms with Crippen molar-refractivity contribution in [2.24, 2.45) is 5.73 Å². The number of hydrogen-bond acceptors (Lipinski definition) is 5. The maximum absolute atomic E-state index is 12.7. The molecule has 0 aliphatic rings. The molecule has 3 N–H and O–H groups in total. The number of nitro benzene ring substituents is 1. The molecule has 0 radical (unpaired) electrons. The van der Waals surface area contributed by atoms with Crippen molar-refractivity contribution < 1.29 is 14.5 Å². The lowest BCUT2D eigenvalue weighted by molar-refractivity contribution is -0.387. The predicted molar refractivity (Wildman–Crippen MR) is 115 cm³/mol. The van der Waals surface area contributed by atoms with Gasteiger partial charge in [-0.25, -0.2) is 0 Å². The second kappa shape index (κ2) is 9.71. The van der Waals surface area contributed by atoms with Gasteiger partial charge in [-0.2, -0.15) is 0 Å². The maximum Gasteiger partial charge on any atom is 0.283 e. The van der Waals surface area contributed by atoms with Crippen LogP contribution in [0.2, 0.25) is 0 Å². The number of carbonyl (C=O) groups is 2. The minimum atomic E-state index is -0.749. The molecule has 0 saturated heterocycles. The zero-order valence-electron chi connectivity index (χ0n) is 15.9. The summed E-state index contributed by atoms with van der Waals surface area (Å²) >= 11 is 1.03. The number of nitrogens with one attached hydrogen (secondary N) is 1. The van der Waals surface area contributed by atoms with E-state index in [4.69, 9.17) is 5.73 Å². The first-order valence-corrected chi connectivity index (χ1v) is 10.0. The molecule has 0 unspecified atom stereocenters. The second-order valence-electron chi connectivity index (χ2n) is 6.41. The number of primary amides is 1. The molecule has 8 heteroatoms. The van der Waals surface area contributed by atoms with E-state index in [-0.39, 0.29) is 33.8 Å². The van der Waals surface area contributed by atoms with E-state index in [1.165, 1.54) is 12.1 Å². The summed E-state index contributed by atoms with van der Waals surface area (Å²) in [6.45, 7) is 0. The van der Waals surface area contributed by atoms with Crippen molar-refractivity contribution in [3.63, 3.8) is 0 Å². The van der Waals surface area contributed by atoms with Crippen LogP contribution in [0, 0.1) is 10.1 Å². The van der Waals surface area contributed by atoms with E-state index < -0.39 is 10.8 Å². The summed E-state index contributed by atoms with van der Waals surface area (Å²) < 4.78 is 0. The number of amides is 2. The minimum absolute atomic E-state index is 0.0209. The number of thioether (sulfide) groups is 1. The molecule has 3 aromatic carbocycles. The molecule has 3 rings (SSSR count). The second-order valence-corrected chi connectivity index (χ2v) is 7.43. The first-order chi connectivity index (χ1) is 14.5. The van der Waals surface area contributed by atoms with Gasteiger partial charge in [-0.3, -0.25) is 19.7 Å². The molecule has 0 saturated carbocycles. The Hall–Kier alpha value is -3.65. The number of nitrogens with two attached hydrogens (primary N) is 1. The standard InChI is InChI=1S/C22H19N3O4S/c23-22(27)17-11-12-19(18(13-17)25(28)29)30-14-20(26)24-21(15-7-3-1-4-8-15)16-9-5-2-6-10-16/h1-13,21H,14H2,(H2,23,27)(H,24,26). The monoisotopic (exact) mass is 421 g/mol. The van der Waals surface area contributed by atoms with E-state index in [0.29, 0.717) is 0 Å². The van der Waals surface area contributed by atoms with Crippen LogP contribution < -0.4 is 11.1 Å². The van der Waals surface area contributed by atoms with Crippen LogP contribution in [0.1, 0.15) is 27.5 Å². The van der Waals surface area contributed by atoms with Crippen molar-refractivity contribution in [3.8, 4) is 0 Å². The zero-order valence-corrected chi connectivity index (χ0v) is 16.7. The van der Waals surface area contributed by atoms with Crippen LogP contribution in [0.15, 0.2) is 83.8 Å². The molecule has 0 spiro atoms. The topological polar surface area (TPSA) is 115 Å². The fourth-order valence-corrected chi connectivity index (χ4v) is 3.75. The van der Waals surface area contributed by atoms with E-state index >= 15 is 0 Å². The molecule has 7 nitrogen and oxygen atoms in total. The Kier molecular flexibility index (Phi) is 6.82. The van der Waals surface area contributed by atoms with Crippen LogP contribution in [-0.2, 0) is 4.79 Å². The highest BCUT2D eigenvalue weighted by atomic mass is 32.2. The van der Waals surface area contributed by atoms with Gasteiger partial charge in [0.25, 0.3) is 5.69 Å². The molecule has 0 fully saturated rings. The van der Waals surface area contributed by atoms with Gasteiger partial charge in [0.2, 0.25) is 11.8 Å². The van der Waals surface area contributed by atoms with Gasteiger partial charge < -0.3 is 11.1 Å². The van der Waals surface area contributed by atoms with Gasteiger partial charge in [-0.05, 0) is 23.3 Å². The molecule has 30 heavy (non-hydrogen) atoms. The number of benzene rings is 3. The first-order valence-electron chi connectivity index (χ1n) is 9.06. The van der Waals surface area contributed by atoms with E-state index in [2.05, 4.69) is 5.32 Å². The highest BCUT2D eigenvalue weighted by Gasteiger charge is 2.20. The first kappa shape index (κ1) is 21.1. The van der Waals surface area contributed by atoms with Gasteiger partial charge in [0, 0.05) is 11.6 Å². The average molecular weight is 421 g/mol. The third kappa shape index (κ3) is 5.24. The molecule has 0 aromatic heterocycles. The van der Waals surface area contributed by atoms with Crippen LogP contribution in [0.5, 0.6) is 0 Å². The highest BCUT2D eigenvalue weighted by Crippen LogP contribution is 2.30. The molecule has 0 heterocycles. The summed E-state index contributed by atoms with van der Waals surface area (Å²) in [5.74, 6) is -1.04. The van der Waals surface area contributed by atoms with Crippen molar-refractivity contribution in [3.05, 3.63) is 106 Å². The fraction of sp³-hybridized carbons (Fsp3) is 0.0909. The normalized spacial score (nSPS) is 10.6. The number of nitrogens with zero attached hydrogens (tertiary/aromatic N) is 1. The lowest BCUT2D eigenvalue weighted by atomic mass is 9.99. The van der Waals surface area contributed by atoms with Crippen LogP contribution in [0.4, 0.5) is 5.69 Å². The zero-order chi connectivity index (χ0) is 21.5. The molecule has 2 amide bonds. The highest BCUT2D eigenvalue weighted by molar-refractivity contribution is 8.00. The maximum atomic E-state index is 12.7. The van der Waals surface area contributed by atoms with E-state index in [1.807, 2.05) is 60.7 Å². The Morgan fingerprint density at radius 3 is 2.03 bits per heavy atom. The van der Waals surface area contributed by atoms with E-state index in [9.17, 15) is 19.7 Å². The molecule has 0 bridgehead atoms. The van der Waals surface area contributed by atoms with Crippen molar-refractivity contribution in [2.75, 3.05) is 5.75 Å². The average Bonchev–Trinajstić information content (AvgIpc) is 2.77. The number of carbonyl (C=O) groups excluding carboxylic acids is 2. The largest absolute Gasteiger partial charge is 0.366 e. The van der Waals surface area contributed by atoms with Crippen molar-refractivity contribution in [2.45, 2.75) is 10.9 Å². The lowest BCUT2D eigenvalue weighted by Gasteiger charge is -2.20. The van der Waals surface area contributed by atoms with Crippen LogP contribution in [-0.4, -0.2) is 22.5 Å². The van der Waals surface area contributed by atoms with E-state index in [0.717, 1.165) is 29.0 Å². The van der Waals surface area contributed by atoms with Crippen molar-refractivity contribution in [1.29, 1.82) is 0 Å². The van der Waals surface area contributed by atoms with E-state index in [1.54, 1.807) is 0 Å². The third-order valence-electron chi connectivity index (χ3n) is 4.37. The smallest absolute Gasteiger partial charge is 0.283 e. The Labute approximate surface area is 177 Å². The lowest BCUT2D eigenvalue weighted by Crippen LogP contribution is -2.30. The van der Waals surface area contributed by atoms with Gasteiger partial charge in [0.15, 0.2) is 0 Å². The molecular formula is C22H19N3O4S. The van der Waals surface area contributed by atoms with Crippen molar-refractivity contribution in [1.82, 2.24) is 5.32 Å². The van der Waals surface area contributed by atoms with Gasteiger partial charge in [0.05, 0.1) is 21.6 Å². The van der Waals surface area contributed by atoms with Crippen LogP contribution in [0.25, 0.3) is 0 Å².